The van der Waals surface area contributed by atoms with Crippen LogP contribution in [0.25, 0.3) is 0 Å². The summed E-state index contributed by atoms with van der Waals surface area (Å²) in [6.45, 7) is 6.12. The van der Waals surface area contributed by atoms with E-state index in [0.29, 0.717) is 6.42 Å². The van der Waals surface area contributed by atoms with E-state index in [-0.39, 0.29) is 6.42 Å². The minimum atomic E-state index is -4.74. The van der Waals surface area contributed by atoms with Crippen LogP contribution in [0.3, 0.4) is 0 Å². The van der Waals surface area contributed by atoms with Crippen molar-refractivity contribution < 1.29 is 32.2 Å². The molecule has 0 aromatic rings. The summed E-state index contributed by atoms with van der Waals surface area (Å²) in [5.74, 6) is 0.0901. The average Bonchev–Trinajstić information content (AvgIpc) is 2.95. The first kappa shape index (κ1) is 42.0. The number of rotatable bonds is 31. The molecule has 0 aliphatic heterocycles. The van der Waals surface area contributed by atoms with Gasteiger partial charge in [-0.1, -0.05) is 161 Å². The first-order valence-corrected chi connectivity index (χ1v) is 18.9. The Morgan fingerprint density at radius 1 is 0.721 bits per heavy atom. The van der Waals surface area contributed by atoms with Crippen molar-refractivity contribution in [3.8, 4) is 0 Å². The average molecular weight is 634 g/mol. The molecule has 0 radical (unpaired) electrons. The maximum Gasteiger partial charge on any atom is 0.397 e. The maximum atomic E-state index is 12.5. The molecule has 0 aliphatic carbocycles. The molecule has 4 N–H and O–H groups in total. The Labute approximate surface area is 264 Å². The number of allylic oxidation sites excluding steroid dienone is 1. The number of unbranched alkanes of at least 4 members (excludes halogenated alkanes) is 19. The number of amides is 1. The summed E-state index contributed by atoms with van der Waals surface area (Å²) >= 11 is 0. The summed E-state index contributed by atoms with van der Waals surface area (Å²) in [6, 6.07) is -1.13. The Hall–Kier alpha value is -1.00. The van der Waals surface area contributed by atoms with Gasteiger partial charge in [-0.15, -0.1) is 0 Å². The van der Waals surface area contributed by atoms with E-state index in [1.807, 2.05) is 6.08 Å². The zero-order valence-corrected chi connectivity index (χ0v) is 28.6. The number of nitrogens with one attached hydrogen (secondary N) is 1. The van der Waals surface area contributed by atoms with Crippen LogP contribution >= 0.6 is 0 Å². The summed E-state index contributed by atoms with van der Waals surface area (Å²) in [4.78, 5) is 12.5. The van der Waals surface area contributed by atoms with Gasteiger partial charge in [-0.25, -0.2) is 4.18 Å². The van der Waals surface area contributed by atoms with Gasteiger partial charge in [0.25, 0.3) is 0 Å². The number of aliphatic hydroxyl groups excluding tert-OH is 2. The molecule has 0 aliphatic rings. The first-order chi connectivity index (χ1) is 20.6. The number of hydrogen-bond acceptors (Lipinski definition) is 6. The standard InChI is InChI=1S/C34H67NO7S/c1-4-5-6-7-8-9-10-11-12-15-18-21-24-27-32(36)31(29-42-43(39,40)41)35-34(38)33(37)28-25-22-19-16-13-14-17-20-23-26-30(2)3/h24,27,30-33,36-37H,4-23,25-26,28-29H2,1-3H3,(H,35,38)(H,39,40,41). The molecule has 0 spiro atoms. The van der Waals surface area contributed by atoms with Crippen molar-refractivity contribution in [3.63, 3.8) is 0 Å². The minimum Gasteiger partial charge on any atom is -0.387 e. The van der Waals surface area contributed by atoms with E-state index in [0.717, 1.165) is 44.4 Å². The highest BCUT2D eigenvalue weighted by molar-refractivity contribution is 7.80. The molecule has 8 nitrogen and oxygen atoms in total. The highest BCUT2D eigenvalue weighted by atomic mass is 32.3. The zero-order valence-electron chi connectivity index (χ0n) is 27.8. The van der Waals surface area contributed by atoms with Gasteiger partial charge in [0, 0.05) is 0 Å². The molecule has 0 saturated heterocycles. The molecule has 1 amide bonds. The lowest BCUT2D eigenvalue weighted by Crippen LogP contribution is -2.49. The van der Waals surface area contributed by atoms with Crippen molar-refractivity contribution in [2.75, 3.05) is 6.61 Å². The van der Waals surface area contributed by atoms with Crippen LogP contribution in [-0.2, 0) is 19.4 Å². The molecule has 0 aromatic heterocycles. The van der Waals surface area contributed by atoms with Crippen molar-refractivity contribution in [2.45, 2.75) is 187 Å². The fourth-order valence-corrected chi connectivity index (χ4v) is 5.54. The summed E-state index contributed by atoms with van der Waals surface area (Å²) < 4.78 is 35.5. The highest BCUT2D eigenvalue weighted by Gasteiger charge is 2.25. The van der Waals surface area contributed by atoms with Gasteiger partial charge >= 0.3 is 10.4 Å². The SMILES string of the molecule is CCCCCCCCCCCCCC=CC(O)C(COS(=O)(=O)O)NC(=O)C(O)CCCCCCCCCCCC(C)C. The highest BCUT2D eigenvalue weighted by Crippen LogP contribution is 2.15. The van der Waals surface area contributed by atoms with Gasteiger partial charge in [-0.3, -0.25) is 9.35 Å². The number of hydrogen-bond donors (Lipinski definition) is 4. The lowest BCUT2D eigenvalue weighted by Gasteiger charge is -2.23. The summed E-state index contributed by atoms with van der Waals surface area (Å²) in [6.07, 6.45) is 27.1. The van der Waals surface area contributed by atoms with Gasteiger partial charge in [-0.2, -0.15) is 8.42 Å². The van der Waals surface area contributed by atoms with Crippen LogP contribution in [0.2, 0.25) is 0 Å². The van der Waals surface area contributed by atoms with Gasteiger partial charge in [0.1, 0.15) is 6.10 Å². The van der Waals surface area contributed by atoms with E-state index in [4.69, 9.17) is 4.55 Å². The minimum absolute atomic E-state index is 0.289. The van der Waals surface area contributed by atoms with Gasteiger partial charge in [0.15, 0.2) is 0 Å². The molecule has 3 atom stereocenters. The maximum absolute atomic E-state index is 12.5. The van der Waals surface area contributed by atoms with Crippen molar-refractivity contribution in [3.05, 3.63) is 12.2 Å². The van der Waals surface area contributed by atoms with Crippen molar-refractivity contribution >= 4 is 16.3 Å². The normalized spacial score (nSPS) is 14.4. The Kier molecular flexibility index (Phi) is 27.8. The Balaban J connectivity index is 4.24. The smallest absolute Gasteiger partial charge is 0.387 e. The van der Waals surface area contributed by atoms with Crippen LogP contribution < -0.4 is 5.32 Å². The number of carbonyl (C=O) groups is 1. The van der Waals surface area contributed by atoms with Gasteiger partial charge in [0.05, 0.1) is 18.8 Å². The molecule has 3 unspecified atom stereocenters. The summed E-state index contributed by atoms with van der Waals surface area (Å²) in [5.41, 5.74) is 0. The molecule has 0 rings (SSSR count). The molecule has 9 heteroatoms. The van der Waals surface area contributed by atoms with Gasteiger partial charge < -0.3 is 15.5 Å². The molecule has 0 fully saturated rings. The molecular weight excluding hydrogens is 566 g/mol. The number of carbonyl (C=O) groups excluding carboxylic acids is 1. The van der Waals surface area contributed by atoms with E-state index in [2.05, 4.69) is 30.3 Å². The Bertz CT molecular complexity index is 773. The van der Waals surface area contributed by atoms with E-state index in [9.17, 15) is 23.4 Å². The Morgan fingerprint density at radius 2 is 1.16 bits per heavy atom. The lowest BCUT2D eigenvalue weighted by atomic mass is 10.0. The van der Waals surface area contributed by atoms with Crippen molar-refractivity contribution in [1.82, 2.24) is 5.32 Å². The van der Waals surface area contributed by atoms with Crippen LogP contribution in [-0.4, -0.2) is 53.9 Å². The zero-order chi connectivity index (χ0) is 32.2. The van der Waals surface area contributed by atoms with Crippen molar-refractivity contribution in [1.29, 1.82) is 0 Å². The van der Waals surface area contributed by atoms with E-state index in [1.54, 1.807) is 0 Å². The third-order valence-corrected chi connectivity index (χ3v) is 8.44. The third-order valence-electron chi connectivity index (χ3n) is 8.01. The van der Waals surface area contributed by atoms with Crippen LogP contribution in [0.1, 0.15) is 168 Å². The third kappa shape index (κ3) is 29.5. The molecule has 256 valence electrons. The fourth-order valence-electron chi connectivity index (χ4n) is 5.22. The fraction of sp³-hybridized carbons (Fsp3) is 0.912. The molecular formula is C34H67NO7S. The van der Waals surface area contributed by atoms with E-state index < -0.39 is 41.2 Å². The first-order valence-electron chi connectivity index (χ1n) is 17.5. The predicted molar refractivity (Wildman–Crippen MR) is 177 cm³/mol. The molecule has 0 saturated carbocycles. The second-order valence-electron chi connectivity index (χ2n) is 12.7. The molecule has 0 bridgehead atoms. The van der Waals surface area contributed by atoms with Crippen LogP contribution in [0.15, 0.2) is 12.2 Å². The van der Waals surface area contributed by atoms with Crippen molar-refractivity contribution in [2.24, 2.45) is 5.92 Å². The lowest BCUT2D eigenvalue weighted by molar-refractivity contribution is -0.131. The van der Waals surface area contributed by atoms with Crippen LogP contribution in [0.5, 0.6) is 0 Å². The summed E-state index contributed by atoms with van der Waals surface area (Å²) in [5, 5.41) is 23.4. The van der Waals surface area contributed by atoms with Gasteiger partial charge in [0.2, 0.25) is 5.91 Å². The van der Waals surface area contributed by atoms with Crippen LogP contribution in [0, 0.1) is 5.92 Å². The van der Waals surface area contributed by atoms with Crippen LogP contribution in [0.4, 0.5) is 0 Å². The number of aliphatic hydroxyl groups is 2. The largest absolute Gasteiger partial charge is 0.397 e. The van der Waals surface area contributed by atoms with Gasteiger partial charge in [-0.05, 0) is 25.2 Å². The predicted octanol–water partition coefficient (Wildman–Crippen LogP) is 8.22. The molecule has 0 aromatic carbocycles. The Morgan fingerprint density at radius 3 is 1.63 bits per heavy atom. The quantitative estimate of drug-likeness (QED) is 0.0343. The second kappa shape index (κ2) is 28.5. The van der Waals surface area contributed by atoms with E-state index in [1.165, 1.54) is 102 Å². The molecule has 0 heterocycles. The van der Waals surface area contributed by atoms with E-state index >= 15 is 0 Å². The topological polar surface area (TPSA) is 133 Å². The second-order valence-corrected chi connectivity index (χ2v) is 13.8. The monoisotopic (exact) mass is 633 g/mol. The molecule has 43 heavy (non-hydrogen) atoms. The summed E-state index contributed by atoms with van der Waals surface area (Å²) in [7, 11) is -4.74.